The number of halogens is 2. The predicted octanol–water partition coefficient (Wildman–Crippen LogP) is 4.02. The second kappa shape index (κ2) is 9.16. The van der Waals surface area contributed by atoms with E-state index in [0.29, 0.717) is 33.2 Å². The zero-order chi connectivity index (χ0) is 23.7. The first-order valence-electron chi connectivity index (χ1n) is 9.72. The molecule has 13 heteroatoms. The van der Waals surface area contributed by atoms with E-state index in [1.807, 2.05) is 18.2 Å². The van der Waals surface area contributed by atoms with Crippen LogP contribution in [-0.2, 0) is 13.2 Å². The van der Waals surface area contributed by atoms with Gasteiger partial charge in [-0.15, -0.1) is 0 Å². The zero-order valence-corrected chi connectivity index (χ0v) is 19.9. The molecule has 0 aliphatic rings. The number of anilines is 1. The van der Waals surface area contributed by atoms with Crippen molar-refractivity contribution in [3.8, 4) is 0 Å². The first kappa shape index (κ1) is 22.7. The van der Waals surface area contributed by atoms with Gasteiger partial charge in [-0.1, -0.05) is 29.8 Å². The monoisotopic (exact) mass is 532 g/mol. The van der Waals surface area contributed by atoms with Crippen LogP contribution in [0.15, 0.2) is 47.2 Å². The fourth-order valence-corrected chi connectivity index (χ4v) is 3.93. The van der Waals surface area contributed by atoms with Crippen LogP contribution in [0.3, 0.4) is 0 Å². The van der Waals surface area contributed by atoms with Crippen molar-refractivity contribution in [2.75, 3.05) is 5.32 Å². The molecule has 0 aliphatic carbocycles. The van der Waals surface area contributed by atoms with Crippen molar-refractivity contribution >= 4 is 44.9 Å². The maximum Gasteiger partial charge on any atom is 0.312 e. The number of rotatable bonds is 7. The molecule has 0 spiro atoms. The van der Waals surface area contributed by atoms with Crippen LogP contribution >= 0.6 is 27.5 Å². The first-order valence-corrected chi connectivity index (χ1v) is 10.9. The van der Waals surface area contributed by atoms with E-state index in [9.17, 15) is 14.9 Å². The maximum atomic E-state index is 12.7. The number of nitro groups is 1. The lowest BCUT2D eigenvalue weighted by molar-refractivity contribution is -0.386. The van der Waals surface area contributed by atoms with Crippen LogP contribution in [-0.4, -0.2) is 40.2 Å². The van der Waals surface area contributed by atoms with Crippen molar-refractivity contribution in [1.82, 2.24) is 29.3 Å². The molecular weight excluding hydrogens is 516 g/mol. The van der Waals surface area contributed by atoms with Crippen LogP contribution in [0.1, 0.15) is 27.4 Å². The predicted molar refractivity (Wildman–Crippen MR) is 124 cm³/mol. The summed E-state index contributed by atoms with van der Waals surface area (Å²) in [5.41, 5.74) is 1.76. The van der Waals surface area contributed by atoms with E-state index in [0.717, 1.165) is 5.56 Å². The van der Waals surface area contributed by atoms with Gasteiger partial charge in [0.15, 0.2) is 11.5 Å². The molecule has 0 radical (unpaired) electrons. The molecule has 0 bridgehead atoms. The fraction of sp³-hybridized carbons (Fsp3) is 0.200. The first-order chi connectivity index (χ1) is 15.7. The van der Waals surface area contributed by atoms with Crippen molar-refractivity contribution in [2.45, 2.75) is 27.1 Å². The average Bonchev–Trinajstić information content (AvgIpc) is 3.42. The summed E-state index contributed by atoms with van der Waals surface area (Å²) in [7, 11) is 0. The van der Waals surface area contributed by atoms with Crippen molar-refractivity contribution in [3.63, 3.8) is 0 Å². The number of benzene rings is 1. The topological polar surface area (TPSA) is 126 Å². The third kappa shape index (κ3) is 4.81. The minimum absolute atomic E-state index is 0.0302. The van der Waals surface area contributed by atoms with Crippen LogP contribution in [0.5, 0.6) is 0 Å². The number of carbonyl (C=O) groups excluding carboxylic acids is 1. The summed E-state index contributed by atoms with van der Waals surface area (Å²) in [6.07, 6.45) is 3.34. The molecule has 3 aromatic heterocycles. The number of aromatic nitrogens is 6. The highest BCUT2D eigenvalue weighted by Gasteiger charge is 2.22. The average molecular weight is 534 g/mol. The molecule has 170 valence electrons. The largest absolute Gasteiger partial charge is 0.312 e. The molecule has 0 atom stereocenters. The molecule has 1 aromatic carbocycles. The van der Waals surface area contributed by atoms with Gasteiger partial charge in [0.05, 0.1) is 15.9 Å². The minimum Gasteiger partial charge on any atom is -0.303 e. The molecule has 4 rings (SSSR count). The lowest BCUT2D eigenvalue weighted by Crippen LogP contribution is -2.16. The lowest BCUT2D eigenvalue weighted by atomic mass is 10.2. The summed E-state index contributed by atoms with van der Waals surface area (Å²) < 4.78 is 5.21. The normalized spacial score (nSPS) is 11.0. The van der Waals surface area contributed by atoms with E-state index >= 15 is 0 Å². The lowest BCUT2D eigenvalue weighted by Gasteiger charge is -2.04. The summed E-state index contributed by atoms with van der Waals surface area (Å²) in [6.45, 7) is 3.76. The number of aryl methyl sites for hydroxylation is 1. The molecule has 0 saturated carbocycles. The van der Waals surface area contributed by atoms with Gasteiger partial charge in [-0.2, -0.15) is 15.3 Å². The maximum absolute atomic E-state index is 12.7. The molecule has 0 unspecified atom stereocenters. The van der Waals surface area contributed by atoms with Gasteiger partial charge < -0.3 is 5.32 Å². The van der Waals surface area contributed by atoms with Gasteiger partial charge in [0.2, 0.25) is 0 Å². The van der Waals surface area contributed by atoms with E-state index in [1.54, 1.807) is 43.1 Å². The van der Waals surface area contributed by atoms with Gasteiger partial charge in [0.25, 0.3) is 5.91 Å². The summed E-state index contributed by atoms with van der Waals surface area (Å²) in [4.78, 5) is 23.4. The third-order valence-corrected chi connectivity index (χ3v) is 5.87. The van der Waals surface area contributed by atoms with Gasteiger partial charge >= 0.3 is 5.69 Å². The Morgan fingerprint density at radius 2 is 1.94 bits per heavy atom. The SMILES string of the molecule is Cc1nn(Cn2ccc(C(=O)Nc3nn(Cc4ccccc4Cl)cc3Br)n2)c(C)c1[N+](=O)[O-]. The summed E-state index contributed by atoms with van der Waals surface area (Å²) >= 11 is 9.61. The Morgan fingerprint density at radius 1 is 1.18 bits per heavy atom. The molecule has 1 amide bonds. The standard InChI is InChI=1S/C20H18BrClN8O3/c1-12-18(30(32)33)13(2)29(24-12)11-27-8-7-17(25-27)20(31)23-19-15(21)10-28(26-19)9-14-5-3-4-6-16(14)22/h3-8,10H,9,11H2,1-2H3,(H,23,26,31). The molecule has 0 fully saturated rings. The van der Waals surface area contributed by atoms with Crippen molar-refractivity contribution in [2.24, 2.45) is 0 Å². The van der Waals surface area contributed by atoms with Crippen molar-refractivity contribution in [1.29, 1.82) is 0 Å². The smallest absolute Gasteiger partial charge is 0.303 e. The zero-order valence-electron chi connectivity index (χ0n) is 17.6. The van der Waals surface area contributed by atoms with E-state index in [2.05, 4.69) is 36.5 Å². The second-order valence-corrected chi connectivity index (χ2v) is 8.49. The molecule has 33 heavy (non-hydrogen) atoms. The quantitative estimate of drug-likeness (QED) is 0.282. The summed E-state index contributed by atoms with van der Waals surface area (Å²) in [6, 6.07) is 9.00. The van der Waals surface area contributed by atoms with Crippen molar-refractivity contribution in [3.05, 3.63) is 85.0 Å². The Hall–Kier alpha value is -3.51. The molecule has 11 nitrogen and oxygen atoms in total. The fourth-order valence-electron chi connectivity index (χ4n) is 3.32. The van der Waals surface area contributed by atoms with Crippen LogP contribution in [0, 0.1) is 24.0 Å². The Kier molecular flexibility index (Phi) is 6.29. The number of carbonyl (C=O) groups is 1. The van der Waals surface area contributed by atoms with E-state index in [1.165, 1.54) is 9.36 Å². The van der Waals surface area contributed by atoms with Gasteiger partial charge in [-0.25, -0.2) is 4.68 Å². The van der Waals surface area contributed by atoms with Crippen LogP contribution < -0.4 is 5.32 Å². The van der Waals surface area contributed by atoms with Crippen LogP contribution in [0.4, 0.5) is 11.5 Å². The Labute approximate surface area is 201 Å². The number of nitrogens with zero attached hydrogens (tertiary/aromatic N) is 7. The number of nitrogens with one attached hydrogen (secondary N) is 1. The van der Waals surface area contributed by atoms with Gasteiger partial charge in [0.1, 0.15) is 18.1 Å². The van der Waals surface area contributed by atoms with E-state index in [-0.39, 0.29) is 18.1 Å². The van der Waals surface area contributed by atoms with Gasteiger partial charge in [-0.05, 0) is 47.5 Å². The highest BCUT2D eigenvalue weighted by molar-refractivity contribution is 9.10. The van der Waals surface area contributed by atoms with Crippen LogP contribution in [0.25, 0.3) is 0 Å². The van der Waals surface area contributed by atoms with E-state index < -0.39 is 10.8 Å². The van der Waals surface area contributed by atoms with E-state index in [4.69, 9.17) is 11.6 Å². The molecule has 3 heterocycles. The minimum atomic E-state index is -0.459. The summed E-state index contributed by atoms with van der Waals surface area (Å²) in [5, 5.41) is 27.4. The second-order valence-electron chi connectivity index (χ2n) is 7.23. The Bertz CT molecular complexity index is 1360. The highest BCUT2D eigenvalue weighted by atomic mass is 79.9. The Balaban J connectivity index is 1.45. The van der Waals surface area contributed by atoms with Crippen LogP contribution in [0.2, 0.25) is 5.02 Å². The molecule has 0 saturated heterocycles. The molecule has 0 aliphatic heterocycles. The van der Waals surface area contributed by atoms with Crippen molar-refractivity contribution < 1.29 is 9.72 Å². The summed E-state index contributed by atoms with van der Waals surface area (Å²) in [5.74, 6) is -0.104. The number of amides is 1. The highest BCUT2D eigenvalue weighted by Crippen LogP contribution is 2.24. The number of hydrogen-bond acceptors (Lipinski definition) is 6. The molecule has 4 aromatic rings. The Morgan fingerprint density at radius 3 is 2.64 bits per heavy atom. The molecular formula is C20H18BrClN8O3. The van der Waals surface area contributed by atoms with Gasteiger partial charge in [0, 0.05) is 17.4 Å². The van der Waals surface area contributed by atoms with Gasteiger partial charge in [-0.3, -0.25) is 24.3 Å². The molecule has 1 N–H and O–H groups in total. The third-order valence-electron chi connectivity index (χ3n) is 4.92. The number of hydrogen-bond donors (Lipinski definition) is 1.